The van der Waals surface area contributed by atoms with E-state index in [1.54, 1.807) is 0 Å². The van der Waals surface area contributed by atoms with Crippen molar-refractivity contribution in [3.05, 3.63) is 0 Å². The third kappa shape index (κ3) is 7.07. The highest BCUT2D eigenvalue weighted by molar-refractivity contribution is 5.80. The van der Waals surface area contributed by atoms with Crippen molar-refractivity contribution >= 4 is 5.78 Å². The Bertz CT molecular complexity index is 139. The summed E-state index contributed by atoms with van der Waals surface area (Å²) in [7, 11) is 0. The van der Waals surface area contributed by atoms with Gasteiger partial charge in [0.1, 0.15) is 5.78 Å². The Morgan fingerprint density at radius 3 is 2.00 bits per heavy atom. The van der Waals surface area contributed by atoms with Gasteiger partial charge in [0.25, 0.3) is 0 Å². The number of carbonyl (C=O) groups excluding carboxylic acids is 1. The highest BCUT2D eigenvalue weighted by Gasteiger charge is 2.08. The van der Waals surface area contributed by atoms with E-state index in [1.807, 2.05) is 0 Å². The van der Waals surface area contributed by atoms with Crippen LogP contribution in [0.3, 0.4) is 0 Å². The zero-order valence-corrected chi connectivity index (χ0v) is 10.0. The average Bonchev–Trinajstić information content (AvgIpc) is 2.15. The standard InChI is InChI=1S/C12H25NO/c1-4-7-8-12(14)11-13(9-5-2)10-6-3/h4-11H2,1-3H3. The lowest BCUT2D eigenvalue weighted by Crippen LogP contribution is -2.31. The molecule has 0 aromatic rings. The summed E-state index contributed by atoms with van der Waals surface area (Å²) in [4.78, 5) is 13.8. The van der Waals surface area contributed by atoms with Gasteiger partial charge < -0.3 is 0 Å². The molecule has 0 unspecified atom stereocenters. The summed E-state index contributed by atoms with van der Waals surface area (Å²) in [5.41, 5.74) is 0. The summed E-state index contributed by atoms with van der Waals surface area (Å²) in [5, 5.41) is 0. The lowest BCUT2D eigenvalue weighted by molar-refractivity contribution is -0.120. The largest absolute Gasteiger partial charge is 0.298 e. The number of hydrogen-bond acceptors (Lipinski definition) is 2. The van der Waals surface area contributed by atoms with Gasteiger partial charge in [0.05, 0.1) is 6.54 Å². The molecule has 0 aromatic carbocycles. The minimum absolute atomic E-state index is 0.411. The van der Waals surface area contributed by atoms with E-state index in [-0.39, 0.29) is 0 Å². The fourth-order valence-corrected chi connectivity index (χ4v) is 1.60. The fourth-order valence-electron chi connectivity index (χ4n) is 1.60. The Kier molecular flexibility index (Phi) is 8.95. The third-order valence-electron chi connectivity index (χ3n) is 2.29. The van der Waals surface area contributed by atoms with Gasteiger partial charge in [-0.3, -0.25) is 9.69 Å². The van der Waals surface area contributed by atoms with Crippen LogP contribution in [0.4, 0.5) is 0 Å². The molecule has 0 bridgehead atoms. The van der Waals surface area contributed by atoms with Crippen molar-refractivity contribution < 1.29 is 4.79 Å². The smallest absolute Gasteiger partial charge is 0.146 e. The minimum Gasteiger partial charge on any atom is -0.298 e. The van der Waals surface area contributed by atoms with E-state index in [4.69, 9.17) is 0 Å². The molecule has 14 heavy (non-hydrogen) atoms. The maximum absolute atomic E-state index is 11.5. The summed E-state index contributed by atoms with van der Waals surface area (Å²) in [6.07, 6.45) is 5.21. The molecule has 0 heterocycles. The van der Waals surface area contributed by atoms with Gasteiger partial charge in [-0.2, -0.15) is 0 Å². The second-order valence-electron chi connectivity index (χ2n) is 3.92. The molecule has 0 saturated carbocycles. The summed E-state index contributed by atoms with van der Waals surface area (Å²) < 4.78 is 0. The van der Waals surface area contributed by atoms with Crippen LogP contribution in [-0.2, 0) is 4.79 Å². The number of nitrogens with zero attached hydrogens (tertiary/aromatic N) is 1. The van der Waals surface area contributed by atoms with Gasteiger partial charge in [0.15, 0.2) is 0 Å². The summed E-state index contributed by atoms with van der Waals surface area (Å²) in [6.45, 7) is 9.25. The fraction of sp³-hybridized carbons (Fsp3) is 0.917. The number of rotatable bonds is 9. The topological polar surface area (TPSA) is 20.3 Å². The Hall–Kier alpha value is -0.370. The summed E-state index contributed by atoms with van der Waals surface area (Å²) in [6, 6.07) is 0. The quantitative estimate of drug-likeness (QED) is 0.569. The van der Waals surface area contributed by atoms with Crippen LogP contribution < -0.4 is 0 Å². The second-order valence-corrected chi connectivity index (χ2v) is 3.92. The Balaban J connectivity index is 3.71. The van der Waals surface area contributed by atoms with Gasteiger partial charge in [-0.05, 0) is 32.4 Å². The zero-order valence-electron chi connectivity index (χ0n) is 10.0. The van der Waals surface area contributed by atoms with Gasteiger partial charge in [-0.1, -0.05) is 27.2 Å². The van der Waals surface area contributed by atoms with Crippen molar-refractivity contribution in [3.63, 3.8) is 0 Å². The predicted molar refractivity (Wildman–Crippen MR) is 61.6 cm³/mol. The lowest BCUT2D eigenvalue weighted by atomic mass is 10.2. The van der Waals surface area contributed by atoms with Crippen LogP contribution in [0.15, 0.2) is 0 Å². The number of ketones is 1. The van der Waals surface area contributed by atoms with Crippen LogP contribution in [0.5, 0.6) is 0 Å². The van der Waals surface area contributed by atoms with Crippen LogP contribution in [-0.4, -0.2) is 30.3 Å². The van der Waals surface area contributed by atoms with E-state index >= 15 is 0 Å². The molecular weight excluding hydrogens is 174 g/mol. The molecule has 0 aliphatic heterocycles. The van der Waals surface area contributed by atoms with E-state index in [9.17, 15) is 4.79 Å². The average molecular weight is 199 g/mol. The van der Waals surface area contributed by atoms with Crippen LogP contribution in [0.1, 0.15) is 52.9 Å². The SMILES string of the molecule is CCCCC(=O)CN(CCC)CCC. The molecule has 2 heteroatoms. The van der Waals surface area contributed by atoms with Gasteiger partial charge in [0, 0.05) is 6.42 Å². The van der Waals surface area contributed by atoms with E-state index in [1.165, 1.54) is 0 Å². The maximum atomic E-state index is 11.5. The molecule has 0 saturated heterocycles. The van der Waals surface area contributed by atoms with Gasteiger partial charge >= 0.3 is 0 Å². The third-order valence-corrected chi connectivity index (χ3v) is 2.29. The molecule has 0 atom stereocenters. The monoisotopic (exact) mass is 199 g/mol. The molecular formula is C12H25NO. The summed E-state index contributed by atoms with van der Waals surface area (Å²) in [5.74, 6) is 0.411. The minimum atomic E-state index is 0.411. The number of unbranched alkanes of at least 4 members (excludes halogenated alkanes) is 1. The zero-order chi connectivity index (χ0) is 10.8. The van der Waals surface area contributed by atoms with Crippen molar-refractivity contribution in [1.82, 2.24) is 4.90 Å². The van der Waals surface area contributed by atoms with Crippen molar-refractivity contribution in [3.8, 4) is 0 Å². The lowest BCUT2D eigenvalue weighted by Gasteiger charge is -2.19. The van der Waals surface area contributed by atoms with Crippen molar-refractivity contribution in [2.45, 2.75) is 52.9 Å². The summed E-state index contributed by atoms with van der Waals surface area (Å²) >= 11 is 0. The predicted octanol–water partition coefficient (Wildman–Crippen LogP) is 2.87. The maximum Gasteiger partial charge on any atom is 0.146 e. The molecule has 0 radical (unpaired) electrons. The van der Waals surface area contributed by atoms with Crippen molar-refractivity contribution in [1.29, 1.82) is 0 Å². The number of hydrogen-bond donors (Lipinski definition) is 0. The number of carbonyl (C=O) groups is 1. The van der Waals surface area contributed by atoms with Gasteiger partial charge in [-0.25, -0.2) is 0 Å². The van der Waals surface area contributed by atoms with E-state index in [0.717, 1.165) is 45.2 Å². The molecule has 0 rings (SSSR count). The molecule has 2 nitrogen and oxygen atoms in total. The Morgan fingerprint density at radius 1 is 1.00 bits per heavy atom. The molecule has 0 aliphatic carbocycles. The van der Waals surface area contributed by atoms with Crippen molar-refractivity contribution in [2.75, 3.05) is 19.6 Å². The molecule has 84 valence electrons. The Labute approximate surface area is 88.7 Å². The van der Waals surface area contributed by atoms with E-state index in [2.05, 4.69) is 25.7 Å². The number of Topliss-reactive ketones (excluding diaryl/α,β-unsaturated/α-hetero) is 1. The van der Waals surface area contributed by atoms with Crippen molar-refractivity contribution in [2.24, 2.45) is 0 Å². The van der Waals surface area contributed by atoms with Crippen LogP contribution >= 0.6 is 0 Å². The molecule has 0 amide bonds. The molecule has 0 N–H and O–H groups in total. The normalized spacial score (nSPS) is 10.9. The first kappa shape index (κ1) is 13.6. The molecule has 0 aromatic heterocycles. The highest BCUT2D eigenvalue weighted by atomic mass is 16.1. The van der Waals surface area contributed by atoms with Gasteiger partial charge in [-0.15, -0.1) is 0 Å². The molecule has 0 spiro atoms. The van der Waals surface area contributed by atoms with Crippen LogP contribution in [0, 0.1) is 0 Å². The first-order valence-corrected chi connectivity index (χ1v) is 5.98. The first-order chi connectivity index (χ1) is 6.74. The van der Waals surface area contributed by atoms with E-state index < -0.39 is 0 Å². The second kappa shape index (κ2) is 9.20. The van der Waals surface area contributed by atoms with Crippen LogP contribution in [0.25, 0.3) is 0 Å². The van der Waals surface area contributed by atoms with E-state index in [0.29, 0.717) is 12.3 Å². The molecule has 0 fully saturated rings. The van der Waals surface area contributed by atoms with Gasteiger partial charge in [0.2, 0.25) is 0 Å². The molecule has 0 aliphatic rings. The van der Waals surface area contributed by atoms with Crippen LogP contribution in [0.2, 0.25) is 0 Å². The highest BCUT2D eigenvalue weighted by Crippen LogP contribution is 2.00. The Morgan fingerprint density at radius 2 is 1.57 bits per heavy atom. The first-order valence-electron chi connectivity index (χ1n) is 5.98.